The van der Waals surface area contributed by atoms with Gasteiger partial charge in [0.1, 0.15) is 0 Å². The first-order valence-electron chi connectivity index (χ1n) is 7.23. The Balaban J connectivity index is 1.53. The van der Waals surface area contributed by atoms with Gasteiger partial charge in [-0.25, -0.2) is 0 Å². The van der Waals surface area contributed by atoms with E-state index >= 15 is 0 Å². The Morgan fingerprint density at radius 1 is 1.19 bits per heavy atom. The van der Waals surface area contributed by atoms with Crippen LogP contribution in [0.3, 0.4) is 0 Å². The van der Waals surface area contributed by atoms with E-state index in [-0.39, 0.29) is 0 Å². The molecule has 1 heterocycles. The highest BCUT2D eigenvalue weighted by Crippen LogP contribution is 2.33. The third-order valence-electron chi connectivity index (χ3n) is 3.90. The Hall–Kier alpha value is -0.0800. The molecule has 0 bridgehead atoms. The average Bonchev–Trinajstić information content (AvgIpc) is 3.09. The summed E-state index contributed by atoms with van der Waals surface area (Å²) in [6.07, 6.45) is 11.3. The van der Waals surface area contributed by atoms with Crippen LogP contribution in [0.4, 0.5) is 0 Å². The van der Waals surface area contributed by atoms with Crippen molar-refractivity contribution in [2.75, 3.05) is 13.2 Å². The fourth-order valence-electron chi connectivity index (χ4n) is 2.69. The summed E-state index contributed by atoms with van der Waals surface area (Å²) in [6, 6.07) is 0.726. The van der Waals surface area contributed by atoms with Crippen LogP contribution >= 0.6 is 0 Å². The topological polar surface area (TPSA) is 21.3 Å². The summed E-state index contributed by atoms with van der Waals surface area (Å²) in [5, 5.41) is 3.71. The maximum absolute atomic E-state index is 5.76. The summed E-state index contributed by atoms with van der Waals surface area (Å²) < 4.78 is 5.76. The Morgan fingerprint density at radius 3 is 2.81 bits per heavy atom. The molecule has 0 amide bonds. The molecular weight excluding hydrogens is 198 g/mol. The molecule has 16 heavy (non-hydrogen) atoms. The van der Waals surface area contributed by atoms with Crippen molar-refractivity contribution < 1.29 is 4.74 Å². The van der Waals surface area contributed by atoms with Crippen LogP contribution in [0.15, 0.2) is 0 Å². The summed E-state index contributed by atoms with van der Waals surface area (Å²) in [5.41, 5.74) is 0. The SMILES string of the molecule is CCCC1CC(NCCCC2CC2)CCO1. The number of ether oxygens (including phenoxy) is 1. The zero-order chi connectivity index (χ0) is 11.2. The van der Waals surface area contributed by atoms with Crippen molar-refractivity contribution in [1.29, 1.82) is 0 Å². The molecule has 1 aliphatic carbocycles. The van der Waals surface area contributed by atoms with E-state index in [1.54, 1.807) is 0 Å². The number of hydrogen-bond acceptors (Lipinski definition) is 2. The molecule has 0 spiro atoms. The molecule has 1 N–H and O–H groups in total. The van der Waals surface area contributed by atoms with Gasteiger partial charge in [-0.1, -0.05) is 26.2 Å². The molecule has 0 aromatic rings. The van der Waals surface area contributed by atoms with E-state index in [0.29, 0.717) is 6.10 Å². The predicted octanol–water partition coefficient (Wildman–Crippen LogP) is 3.11. The molecule has 2 fully saturated rings. The van der Waals surface area contributed by atoms with Crippen LogP contribution in [-0.2, 0) is 4.74 Å². The fraction of sp³-hybridized carbons (Fsp3) is 1.00. The van der Waals surface area contributed by atoms with Gasteiger partial charge in [-0.2, -0.15) is 0 Å². The van der Waals surface area contributed by atoms with E-state index in [4.69, 9.17) is 4.74 Å². The average molecular weight is 225 g/mol. The molecule has 2 nitrogen and oxygen atoms in total. The van der Waals surface area contributed by atoms with E-state index in [2.05, 4.69) is 12.2 Å². The second-order valence-electron chi connectivity index (χ2n) is 5.54. The van der Waals surface area contributed by atoms with Gasteiger partial charge in [-0.3, -0.25) is 0 Å². The number of nitrogens with one attached hydrogen (secondary N) is 1. The summed E-state index contributed by atoms with van der Waals surface area (Å²) in [6.45, 7) is 4.43. The fourth-order valence-corrected chi connectivity index (χ4v) is 2.69. The molecule has 1 aliphatic heterocycles. The van der Waals surface area contributed by atoms with Crippen molar-refractivity contribution in [3.63, 3.8) is 0 Å². The molecule has 2 unspecified atom stereocenters. The number of hydrogen-bond donors (Lipinski definition) is 1. The van der Waals surface area contributed by atoms with E-state index in [0.717, 1.165) is 18.6 Å². The lowest BCUT2D eigenvalue weighted by Gasteiger charge is -2.30. The van der Waals surface area contributed by atoms with Crippen LogP contribution in [0.1, 0.15) is 58.3 Å². The molecule has 2 atom stereocenters. The normalized spacial score (nSPS) is 30.6. The van der Waals surface area contributed by atoms with E-state index < -0.39 is 0 Å². The largest absolute Gasteiger partial charge is 0.378 e. The van der Waals surface area contributed by atoms with Crippen LogP contribution in [0, 0.1) is 5.92 Å². The first-order valence-corrected chi connectivity index (χ1v) is 7.23. The zero-order valence-corrected chi connectivity index (χ0v) is 10.7. The van der Waals surface area contributed by atoms with Gasteiger partial charge in [0, 0.05) is 12.6 Å². The Bertz CT molecular complexity index is 189. The highest BCUT2D eigenvalue weighted by Gasteiger charge is 2.22. The molecular formula is C14H27NO. The van der Waals surface area contributed by atoms with Crippen molar-refractivity contribution in [1.82, 2.24) is 5.32 Å². The first-order chi connectivity index (χ1) is 7.88. The predicted molar refractivity (Wildman–Crippen MR) is 67.6 cm³/mol. The maximum atomic E-state index is 5.76. The monoisotopic (exact) mass is 225 g/mol. The van der Waals surface area contributed by atoms with Crippen LogP contribution in [0.25, 0.3) is 0 Å². The molecule has 94 valence electrons. The smallest absolute Gasteiger partial charge is 0.0589 e. The Kier molecular flexibility index (Phi) is 5.11. The highest BCUT2D eigenvalue weighted by atomic mass is 16.5. The minimum Gasteiger partial charge on any atom is -0.378 e. The summed E-state index contributed by atoms with van der Waals surface area (Å²) in [7, 11) is 0. The third-order valence-corrected chi connectivity index (χ3v) is 3.90. The van der Waals surface area contributed by atoms with Crippen LogP contribution in [0.5, 0.6) is 0 Å². The van der Waals surface area contributed by atoms with Crippen LogP contribution in [-0.4, -0.2) is 25.3 Å². The molecule has 2 aliphatic rings. The minimum atomic E-state index is 0.527. The zero-order valence-electron chi connectivity index (χ0n) is 10.7. The van der Waals surface area contributed by atoms with Gasteiger partial charge in [0.2, 0.25) is 0 Å². The summed E-state index contributed by atoms with van der Waals surface area (Å²) >= 11 is 0. The van der Waals surface area contributed by atoms with Crippen molar-refractivity contribution in [3.8, 4) is 0 Å². The third kappa shape index (κ3) is 4.42. The van der Waals surface area contributed by atoms with Gasteiger partial charge < -0.3 is 10.1 Å². The van der Waals surface area contributed by atoms with E-state index in [1.165, 1.54) is 57.9 Å². The molecule has 2 rings (SSSR count). The van der Waals surface area contributed by atoms with E-state index in [1.807, 2.05) is 0 Å². The lowest BCUT2D eigenvalue weighted by molar-refractivity contribution is -0.00312. The number of rotatable bonds is 7. The maximum Gasteiger partial charge on any atom is 0.0589 e. The van der Waals surface area contributed by atoms with Crippen molar-refractivity contribution in [2.45, 2.75) is 70.4 Å². The van der Waals surface area contributed by atoms with Gasteiger partial charge >= 0.3 is 0 Å². The molecule has 1 saturated carbocycles. The molecule has 0 aromatic carbocycles. The van der Waals surface area contributed by atoms with Gasteiger partial charge in [0.25, 0.3) is 0 Å². The second kappa shape index (κ2) is 6.61. The first kappa shape index (κ1) is 12.4. The van der Waals surface area contributed by atoms with Crippen molar-refractivity contribution in [3.05, 3.63) is 0 Å². The summed E-state index contributed by atoms with van der Waals surface area (Å²) in [5.74, 6) is 1.09. The van der Waals surface area contributed by atoms with Crippen molar-refractivity contribution >= 4 is 0 Å². The Morgan fingerprint density at radius 2 is 2.06 bits per heavy atom. The molecule has 0 radical (unpaired) electrons. The molecule has 1 saturated heterocycles. The van der Waals surface area contributed by atoms with Gasteiger partial charge in [-0.15, -0.1) is 0 Å². The Labute approximate surface area is 100 Å². The van der Waals surface area contributed by atoms with Gasteiger partial charge in [0.15, 0.2) is 0 Å². The molecule has 2 heteroatoms. The highest BCUT2D eigenvalue weighted by molar-refractivity contribution is 4.78. The second-order valence-corrected chi connectivity index (χ2v) is 5.54. The van der Waals surface area contributed by atoms with Crippen LogP contribution < -0.4 is 5.32 Å². The van der Waals surface area contributed by atoms with Crippen LogP contribution in [0.2, 0.25) is 0 Å². The standard InChI is InChI=1S/C14H27NO/c1-2-4-14-11-13(8-10-16-14)15-9-3-5-12-6-7-12/h12-15H,2-11H2,1H3. The lowest BCUT2D eigenvalue weighted by Crippen LogP contribution is -2.39. The molecule has 0 aromatic heterocycles. The lowest BCUT2D eigenvalue weighted by atomic mass is 10.00. The van der Waals surface area contributed by atoms with Gasteiger partial charge in [-0.05, 0) is 44.6 Å². The van der Waals surface area contributed by atoms with Crippen molar-refractivity contribution in [2.24, 2.45) is 5.92 Å². The van der Waals surface area contributed by atoms with E-state index in [9.17, 15) is 0 Å². The summed E-state index contributed by atoms with van der Waals surface area (Å²) in [4.78, 5) is 0. The minimum absolute atomic E-state index is 0.527. The quantitative estimate of drug-likeness (QED) is 0.672. The van der Waals surface area contributed by atoms with Gasteiger partial charge in [0.05, 0.1) is 6.10 Å².